The topological polar surface area (TPSA) is 83.9 Å². The van der Waals surface area contributed by atoms with Crippen LogP contribution in [0.1, 0.15) is 25.7 Å². The summed E-state index contributed by atoms with van der Waals surface area (Å²) in [7, 11) is 0. The molecule has 0 aliphatic heterocycles. The van der Waals surface area contributed by atoms with Crippen molar-refractivity contribution in [3.63, 3.8) is 0 Å². The zero-order chi connectivity index (χ0) is 17.9. The van der Waals surface area contributed by atoms with E-state index in [1.165, 1.54) is 0 Å². The minimum atomic E-state index is -0.954. The van der Waals surface area contributed by atoms with Gasteiger partial charge in [-0.3, -0.25) is 5.10 Å². The molecule has 7 heteroatoms. The molecule has 3 aromatic rings. The van der Waals surface area contributed by atoms with Gasteiger partial charge in [-0.1, -0.05) is 12.5 Å². The summed E-state index contributed by atoms with van der Waals surface area (Å²) in [6, 6.07) is 8.68. The van der Waals surface area contributed by atoms with Crippen LogP contribution in [0.4, 0.5) is 4.39 Å². The summed E-state index contributed by atoms with van der Waals surface area (Å²) in [6.07, 6.45) is 5.13. The predicted octanol–water partition coefficient (Wildman–Crippen LogP) is 3.90. The Morgan fingerprint density at radius 2 is 1.96 bits per heavy atom. The number of ether oxygens (including phenoxy) is 1. The molecule has 6 nitrogen and oxygen atoms in total. The van der Waals surface area contributed by atoms with Crippen molar-refractivity contribution in [3.8, 4) is 34.0 Å². The van der Waals surface area contributed by atoms with Crippen LogP contribution in [0.5, 0.6) is 11.6 Å². The van der Waals surface area contributed by atoms with Gasteiger partial charge in [-0.2, -0.15) is 5.10 Å². The molecule has 2 N–H and O–H groups in total. The average molecular weight is 354 g/mol. The number of H-pyrrole nitrogens is 1. The molecule has 1 aliphatic carbocycles. The third kappa shape index (κ3) is 3.37. The van der Waals surface area contributed by atoms with Gasteiger partial charge >= 0.3 is 0 Å². The molecule has 1 fully saturated rings. The fraction of sp³-hybridized carbons (Fsp3) is 0.316. The van der Waals surface area contributed by atoms with Crippen molar-refractivity contribution in [2.75, 3.05) is 0 Å². The summed E-state index contributed by atoms with van der Waals surface area (Å²) in [5, 5.41) is 25.1. The Bertz CT molecular complexity index is 868. The van der Waals surface area contributed by atoms with Gasteiger partial charge in [-0.25, -0.2) is 4.39 Å². The maximum atomic E-state index is 13.9. The molecular formula is C19H19FN4O2. The number of aromatic hydroxyl groups is 1. The molecule has 2 heterocycles. The SMILES string of the molecule is Oc1cc(-c2cn[nH]c2)ccc1-c1ccc(O[C@H]2CCCC[C@H]2F)nn1. The molecule has 2 atom stereocenters. The molecule has 0 unspecified atom stereocenters. The van der Waals surface area contributed by atoms with Crippen molar-refractivity contribution in [1.82, 2.24) is 20.4 Å². The van der Waals surface area contributed by atoms with Crippen LogP contribution in [0, 0.1) is 0 Å². The number of phenolic OH excluding ortho intramolecular Hbond substituents is 1. The van der Waals surface area contributed by atoms with Gasteiger partial charge < -0.3 is 9.84 Å². The highest BCUT2D eigenvalue weighted by Crippen LogP contribution is 2.32. The van der Waals surface area contributed by atoms with E-state index in [0.29, 0.717) is 30.0 Å². The fourth-order valence-corrected chi connectivity index (χ4v) is 3.20. The van der Waals surface area contributed by atoms with E-state index in [2.05, 4.69) is 20.4 Å². The zero-order valence-electron chi connectivity index (χ0n) is 14.1. The van der Waals surface area contributed by atoms with Crippen molar-refractivity contribution in [2.45, 2.75) is 38.0 Å². The average Bonchev–Trinajstić information content (AvgIpc) is 3.19. The number of benzene rings is 1. The molecular weight excluding hydrogens is 335 g/mol. The van der Waals surface area contributed by atoms with E-state index in [0.717, 1.165) is 24.0 Å². The van der Waals surface area contributed by atoms with Crippen molar-refractivity contribution in [2.24, 2.45) is 0 Å². The van der Waals surface area contributed by atoms with Gasteiger partial charge in [0.15, 0.2) is 0 Å². The second kappa shape index (κ2) is 7.11. The van der Waals surface area contributed by atoms with E-state index >= 15 is 0 Å². The Hall–Kier alpha value is -2.96. The standard InChI is InChI=1S/C19H19FN4O2/c20-15-3-1-2-4-18(15)26-19-8-7-16(23-24-19)14-6-5-12(9-17(14)25)13-10-21-22-11-13/h5-11,15,18,25H,1-4H2,(H,21,22)/t15-,18+/m1/s1. The molecule has 0 bridgehead atoms. The van der Waals surface area contributed by atoms with Crippen LogP contribution in [0.15, 0.2) is 42.7 Å². The first kappa shape index (κ1) is 16.5. The lowest BCUT2D eigenvalue weighted by molar-refractivity contribution is 0.0594. The number of nitrogens with one attached hydrogen (secondary N) is 1. The van der Waals surface area contributed by atoms with Gasteiger partial charge in [0.05, 0.1) is 11.9 Å². The minimum absolute atomic E-state index is 0.0998. The summed E-state index contributed by atoms with van der Waals surface area (Å²) in [5.41, 5.74) is 2.82. The smallest absolute Gasteiger partial charge is 0.233 e. The highest BCUT2D eigenvalue weighted by molar-refractivity contribution is 5.73. The van der Waals surface area contributed by atoms with E-state index in [-0.39, 0.29) is 5.75 Å². The number of halogens is 1. The normalized spacial score (nSPS) is 20.0. The largest absolute Gasteiger partial charge is 0.507 e. The third-order valence-electron chi connectivity index (χ3n) is 4.64. The molecule has 1 aromatic carbocycles. The van der Waals surface area contributed by atoms with E-state index in [4.69, 9.17) is 4.74 Å². The van der Waals surface area contributed by atoms with Crippen LogP contribution in [-0.4, -0.2) is 37.8 Å². The van der Waals surface area contributed by atoms with Crippen molar-refractivity contribution >= 4 is 0 Å². The number of rotatable bonds is 4. The van der Waals surface area contributed by atoms with Gasteiger partial charge in [-0.15, -0.1) is 10.2 Å². The minimum Gasteiger partial charge on any atom is -0.507 e. The molecule has 4 rings (SSSR count). The summed E-state index contributed by atoms with van der Waals surface area (Å²) in [4.78, 5) is 0. The van der Waals surface area contributed by atoms with E-state index in [9.17, 15) is 9.50 Å². The second-order valence-corrected chi connectivity index (χ2v) is 6.43. The first-order valence-corrected chi connectivity index (χ1v) is 8.68. The number of aromatic nitrogens is 4. The van der Waals surface area contributed by atoms with Crippen LogP contribution in [-0.2, 0) is 0 Å². The van der Waals surface area contributed by atoms with Crippen molar-refractivity contribution in [3.05, 3.63) is 42.7 Å². The van der Waals surface area contributed by atoms with Crippen molar-refractivity contribution in [1.29, 1.82) is 0 Å². The molecule has 0 spiro atoms. The fourth-order valence-electron chi connectivity index (χ4n) is 3.20. The van der Waals surface area contributed by atoms with Crippen molar-refractivity contribution < 1.29 is 14.2 Å². The number of phenols is 1. The quantitative estimate of drug-likeness (QED) is 0.742. The Morgan fingerprint density at radius 3 is 2.65 bits per heavy atom. The van der Waals surface area contributed by atoms with Gasteiger partial charge in [0.2, 0.25) is 5.88 Å². The summed E-state index contributed by atoms with van der Waals surface area (Å²) < 4.78 is 19.5. The molecule has 0 amide bonds. The first-order valence-electron chi connectivity index (χ1n) is 8.68. The summed E-state index contributed by atoms with van der Waals surface area (Å²) in [5.74, 6) is 0.403. The van der Waals surface area contributed by atoms with Crippen LogP contribution >= 0.6 is 0 Å². The number of aromatic amines is 1. The molecule has 1 saturated carbocycles. The Morgan fingerprint density at radius 1 is 1.08 bits per heavy atom. The molecule has 0 radical (unpaired) electrons. The predicted molar refractivity (Wildman–Crippen MR) is 94.5 cm³/mol. The Labute approximate surface area is 150 Å². The molecule has 134 valence electrons. The lowest BCUT2D eigenvalue weighted by Gasteiger charge is -2.25. The maximum Gasteiger partial charge on any atom is 0.233 e. The van der Waals surface area contributed by atoms with Crippen LogP contribution in [0.25, 0.3) is 22.4 Å². The van der Waals surface area contributed by atoms with Gasteiger partial charge in [0.1, 0.15) is 18.0 Å². The molecule has 2 aromatic heterocycles. The number of alkyl halides is 1. The number of hydrogen-bond acceptors (Lipinski definition) is 5. The lowest BCUT2D eigenvalue weighted by atomic mass is 9.96. The third-order valence-corrected chi connectivity index (χ3v) is 4.64. The van der Waals surface area contributed by atoms with E-state index in [1.54, 1.807) is 36.7 Å². The second-order valence-electron chi connectivity index (χ2n) is 6.43. The summed E-state index contributed by atoms with van der Waals surface area (Å²) >= 11 is 0. The highest BCUT2D eigenvalue weighted by Gasteiger charge is 2.26. The Balaban J connectivity index is 1.51. The van der Waals surface area contributed by atoms with Gasteiger partial charge in [0, 0.05) is 23.4 Å². The molecule has 1 aliphatic rings. The van der Waals surface area contributed by atoms with E-state index in [1.807, 2.05) is 6.07 Å². The van der Waals surface area contributed by atoms with Gasteiger partial charge in [-0.05, 0) is 43.0 Å². The number of nitrogens with zero attached hydrogens (tertiary/aromatic N) is 3. The Kier molecular flexibility index (Phi) is 4.51. The van der Waals surface area contributed by atoms with E-state index < -0.39 is 12.3 Å². The highest BCUT2D eigenvalue weighted by atomic mass is 19.1. The lowest BCUT2D eigenvalue weighted by Crippen LogP contribution is -2.32. The molecule has 0 saturated heterocycles. The monoisotopic (exact) mass is 354 g/mol. The van der Waals surface area contributed by atoms with Crippen LogP contribution in [0.2, 0.25) is 0 Å². The summed E-state index contributed by atoms with van der Waals surface area (Å²) in [6.45, 7) is 0. The molecule has 26 heavy (non-hydrogen) atoms. The van der Waals surface area contributed by atoms with Crippen LogP contribution in [0.3, 0.4) is 0 Å². The number of hydrogen-bond donors (Lipinski definition) is 2. The van der Waals surface area contributed by atoms with Gasteiger partial charge in [0.25, 0.3) is 0 Å². The first-order chi connectivity index (χ1) is 12.7. The zero-order valence-corrected chi connectivity index (χ0v) is 14.1. The van der Waals surface area contributed by atoms with Crippen LogP contribution < -0.4 is 4.74 Å². The maximum absolute atomic E-state index is 13.9.